The van der Waals surface area contributed by atoms with Crippen LogP contribution < -0.4 is 10.9 Å². The zero-order valence-electron chi connectivity index (χ0n) is 14.6. The molecular formula is C19H21N3O2S. The fourth-order valence-corrected chi connectivity index (χ4v) is 4.00. The standard InChI is InChI=1S/C19H21N3O2S/c1-4-13(14-8-6-5-7-9-14)10-20-17(23)16-12(2)15-18(25-16)21-11-22(3)19(15)24/h5-9,11,13H,4,10H2,1-3H3,(H,20,23). The molecular weight excluding hydrogens is 334 g/mol. The average Bonchev–Trinajstić information content (AvgIpc) is 2.97. The third kappa shape index (κ3) is 3.35. The second kappa shape index (κ2) is 7.19. The molecule has 1 unspecified atom stereocenters. The molecule has 0 spiro atoms. The van der Waals surface area contributed by atoms with E-state index in [-0.39, 0.29) is 17.4 Å². The van der Waals surface area contributed by atoms with Gasteiger partial charge in [-0.25, -0.2) is 4.98 Å². The van der Waals surface area contributed by atoms with E-state index in [2.05, 4.69) is 29.4 Å². The largest absolute Gasteiger partial charge is 0.351 e. The second-order valence-corrected chi connectivity index (χ2v) is 7.12. The van der Waals surface area contributed by atoms with Gasteiger partial charge in [-0.3, -0.25) is 9.59 Å². The minimum atomic E-state index is -0.142. The van der Waals surface area contributed by atoms with Crippen molar-refractivity contribution in [1.29, 1.82) is 0 Å². The van der Waals surface area contributed by atoms with Crippen LogP contribution in [0.15, 0.2) is 41.5 Å². The fraction of sp³-hybridized carbons (Fsp3) is 0.316. The van der Waals surface area contributed by atoms with Crippen molar-refractivity contribution in [3.63, 3.8) is 0 Å². The summed E-state index contributed by atoms with van der Waals surface area (Å²) in [4.78, 5) is 30.4. The van der Waals surface area contributed by atoms with E-state index in [4.69, 9.17) is 0 Å². The van der Waals surface area contributed by atoms with Crippen molar-refractivity contribution < 1.29 is 4.79 Å². The summed E-state index contributed by atoms with van der Waals surface area (Å²) in [6.07, 6.45) is 2.43. The lowest BCUT2D eigenvalue weighted by Crippen LogP contribution is -2.28. The summed E-state index contributed by atoms with van der Waals surface area (Å²) in [6.45, 7) is 4.49. The number of carbonyl (C=O) groups excluding carboxylic acids is 1. The normalized spacial score (nSPS) is 12.3. The van der Waals surface area contributed by atoms with Gasteiger partial charge in [-0.15, -0.1) is 11.3 Å². The Morgan fingerprint density at radius 1 is 1.32 bits per heavy atom. The number of hydrogen-bond donors (Lipinski definition) is 1. The van der Waals surface area contributed by atoms with Crippen LogP contribution in [0.2, 0.25) is 0 Å². The van der Waals surface area contributed by atoms with Gasteiger partial charge in [-0.1, -0.05) is 37.3 Å². The van der Waals surface area contributed by atoms with Crippen LogP contribution in [0, 0.1) is 6.92 Å². The van der Waals surface area contributed by atoms with Crippen LogP contribution in [0.5, 0.6) is 0 Å². The molecule has 2 aromatic heterocycles. The number of nitrogens with one attached hydrogen (secondary N) is 1. The highest BCUT2D eigenvalue weighted by molar-refractivity contribution is 7.20. The summed E-state index contributed by atoms with van der Waals surface area (Å²) in [5.41, 5.74) is 1.81. The van der Waals surface area contributed by atoms with E-state index in [9.17, 15) is 9.59 Å². The van der Waals surface area contributed by atoms with E-state index in [0.29, 0.717) is 27.2 Å². The van der Waals surface area contributed by atoms with Gasteiger partial charge < -0.3 is 9.88 Å². The fourth-order valence-electron chi connectivity index (χ4n) is 2.94. The zero-order chi connectivity index (χ0) is 18.0. The van der Waals surface area contributed by atoms with Gasteiger partial charge in [0, 0.05) is 19.5 Å². The first-order valence-electron chi connectivity index (χ1n) is 8.30. The Kier molecular flexibility index (Phi) is 4.99. The highest BCUT2D eigenvalue weighted by Crippen LogP contribution is 2.27. The predicted octanol–water partition coefficient (Wildman–Crippen LogP) is 3.23. The van der Waals surface area contributed by atoms with Crippen LogP contribution in [0.4, 0.5) is 0 Å². The lowest BCUT2D eigenvalue weighted by atomic mass is 9.96. The summed E-state index contributed by atoms with van der Waals surface area (Å²) in [7, 11) is 1.66. The molecule has 0 radical (unpaired) electrons. The third-order valence-electron chi connectivity index (χ3n) is 4.49. The maximum absolute atomic E-state index is 12.6. The molecule has 2 heterocycles. The predicted molar refractivity (Wildman–Crippen MR) is 101 cm³/mol. The van der Waals surface area contributed by atoms with Crippen LogP contribution >= 0.6 is 11.3 Å². The van der Waals surface area contributed by atoms with Gasteiger partial charge in [-0.05, 0) is 24.5 Å². The average molecular weight is 355 g/mol. The van der Waals surface area contributed by atoms with Crippen LogP contribution in [0.1, 0.15) is 40.1 Å². The highest BCUT2D eigenvalue weighted by Gasteiger charge is 2.20. The number of carbonyl (C=O) groups is 1. The van der Waals surface area contributed by atoms with Gasteiger partial charge >= 0.3 is 0 Å². The van der Waals surface area contributed by atoms with Crippen molar-refractivity contribution in [2.75, 3.05) is 6.54 Å². The molecule has 0 saturated heterocycles. The van der Waals surface area contributed by atoms with Crippen molar-refractivity contribution in [3.05, 3.63) is 63.0 Å². The van der Waals surface area contributed by atoms with Crippen molar-refractivity contribution in [2.45, 2.75) is 26.2 Å². The molecule has 1 amide bonds. The first-order valence-corrected chi connectivity index (χ1v) is 9.12. The lowest BCUT2D eigenvalue weighted by molar-refractivity contribution is 0.0954. The molecule has 25 heavy (non-hydrogen) atoms. The molecule has 6 heteroatoms. The number of fused-ring (bicyclic) bond motifs is 1. The van der Waals surface area contributed by atoms with Crippen LogP contribution in [0.25, 0.3) is 10.2 Å². The second-order valence-electron chi connectivity index (χ2n) is 6.12. The Morgan fingerprint density at radius 2 is 2.04 bits per heavy atom. The molecule has 0 aliphatic carbocycles. The molecule has 3 aromatic rings. The van der Waals surface area contributed by atoms with Gasteiger partial charge in [0.05, 0.1) is 16.6 Å². The van der Waals surface area contributed by atoms with E-state index < -0.39 is 0 Å². The van der Waals surface area contributed by atoms with Gasteiger partial charge in [0.2, 0.25) is 0 Å². The first kappa shape index (κ1) is 17.4. The Balaban J connectivity index is 1.82. The van der Waals surface area contributed by atoms with Gasteiger partial charge in [-0.2, -0.15) is 0 Å². The molecule has 1 aromatic carbocycles. The van der Waals surface area contributed by atoms with Gasteiger partial charge in [0.15, 0.2) is 0 Å². The zero-order valence-corrected chi connectivity index (χ0v) is 15.4. The smallest absolute Gasteiger partial charge is 0.262 e. The minimum Gasteiger partial charge on any atom is -0.351 e. The molecule has 0 fully saturated rings. The molecule has 130 valence electrons. The number of hydrogen-bond acceptors (Lipinski definition) is 4. The molecule has 5 nitrogen and oxygen atoms in total. The minimum absolute atomic E-state index is 0.117. The quantitative estimate of drug-likeness (QED) is 0.764. The molecule has 1 N–H and O–H groups in total. The van der Waals surface area contributed by atoms with Crippen molar-refractivity contribution in [2.24, 2.45) is 7.05 Å². The number of aromatic nitrogens is 2. The lowest BCUT2D eigenvalue weighted by Gasteiger charge is -2.16. The number of rotatable bonds is 5. The Morgan fingerprint density at radius 3 is 2.72 bits per heavy atom. The molecule has 0 aliphatic rings. The van der Waals surface area contributed by atoms with E-state index in [1.165, 1.54) is 27.8 Å². The van der Waals surface area contributed by atoms with E-state index in [1.807, 2.05) is 25.1 Å². The maximum atomic E-state index is 12.6. The number of nitrogens with zero attached hydrogens (tertiary/aromatic N) is 2. The number of benzene rings is 1. The van der Waals surface area contributed by atoms with Crippen molar-refractivity contribution in [1.82, 2.24) is 14.9 Å². The number of amides is 1. The van der Waals surface area contributed by atoms with E-state index in [1.54, 1.807) is 7.05 Å². The van der Waals surface area contributed by atoms with Crippen molar-refractivity contribution in [3.8, 4) is 0 Å². The highest BCUT2D eigenvalue weighted by atomic mass is 32.1. The summed E-state index contributed by atoms with van der Waals surface area (Å²) < 4.78 is 1.44. The van der Waals surface area contributed by atoms with Crippen LogP contribution in [0.3, 0.4) is 0 Å². The van der Waals surface area contributed by atoms with Crippen LogP contribution in [-0.2, 0) is 7.05 Å². The molecule has 1 atom stereocenters. The SMILES string of the molecule is CCC(CNC(=O)c1sc2ncn(C)c(=O)c2c1C)c1ccccc1. The molecule has 0 aliphatic heterocycles. The Labute approximate surface area is 150 Å². The summed E-state index contributed by atoms with van der Waals surface area (Å²) in [5.74, 6) is 0.128. The van der Waals surface area contributed by atoms with E-state index >= 15 is 0 Å². The first-order chi connectivity index (χ1) is 12.0. The third-order valence-corrected chi connectivity index (χ3v) is 5.69. The summed E-state index contributed by atoms with van der Waals surface area (Å²) in [6, 6.07) is 10.2. The summed E-state index contributed by atoms with van der Waals surface area (Å²) >= 11 is 1.27. The number of thiophene rings is 1. The topological polar surface area (TPSA) is 64.0 Å². The van der Waals surface area contributed by atoms with Gasteiger partial charge in [0.1, 0.15) is 4.83 Å². The molecule has 0 saturated carbocycles. The monoisotopic (exact) mass is 355 g/mol. The Bertz CT molecular complexity index is 960. The molecule has 0 bridgehead atoms. The Hall–Kier alpha value is -2.47. The van der Waals surface area contributed by atoms with Gasteiger partial charge in [0.25, 0.3) is 11.5 Å². The maximum Gasteiger partial charge on any atom is 0.262 e. The van der Waals surface area contributed by atoms with Crippen molar-refractivity contribution >= 4 is 27.5 Å². The van der Waals surface area contributed by atoms with Crippen LogP contribution in [-0.4, -0.2) is 22.0 Å². The van der Waals surface area contributed by atoms with E-state index in [0.717, 1.165) is 6.42 Å². The summed E-state index contributed by atoms with van der Waals surface area (Å²) in [5, 5.41) is 3.56. The molecule has 3 rings (SSSR count). The number of aryl methyl sites for hydroxylation is 2.